The molecule has 0 radical (unpaired) electrons. The summed E-state index contributed by atoms with van der Waals surface area (Å²) in [5.74, 6) is 1.53. The molecule has 2 rings (SSSR count). The topological polar surface area (TPSA) is 29.5 Å². The highest BCUT2D eigenvalue weighted by atomic mass is 16.5. The van der Waals surface area contributed by atoms with Gasteiger partial charge < -0.3 is 9.64 Å². The molecule has 0 bridgehead atoms. The third kappa shape index (κ3) is 3.33. The number of carbonyl (C=O) groups is 1. The van der Waals surface area contributed by atoms with Crippen molar-refractivity contribution >= 4 is 5.91 Å². The number of amides is 1. The molecule has 0 saturated heterocycles. The molecule has 0 heterocycles. The van der Waals surface area contributed by atoms with E-state index in [2.05, 4.69) is 6.92 Å². The summed E-state index contributed by atoms with van der Waals surface area (Å²) in [5, 5.41) is 0. The van der Waals surface area contributed by atoms with Crippen molar-refractivity contribution in [3.8, 4) is 5.75 Å². The lowest BCUT2D eigenvalue weighted by Gasteiger charge is -2.36. The second-order valence-electron chi connectivity index (χ2n) is 5.70. The molecule has 0 aromatic heterocycles. The van der Waals surface area contributed by atoms with E-state index in [4.69, 9.17) is 4.74 Å². The minimum absolute atomic E-state index is 0.117. The number of benzene rings is 1. The zero-order valence-electron chi connectivity index (χ0n) is 12.8. The van der Waals surface area contributed by atoms with Gasteiger partial charge in [0.15, 0.2) is 0 Å². The van der Waals surface area contributed by atoms with Crippen LogP contribution in [0.15, 0.2) is 24.3 Å². The van der Waals surface area contributed by atoms with Crippen LogP contribution in [0.3, 0.4) is 0 Å². The summed E-state index contributed by atoms with van der Waals surface area (Å²) < 4.78 is 5.41. The average molecular weight is 275 g/mol. The number of hydrogen-bond acceptors (Lipinski definition) is 2. The number of nitrogens with zero attached hydrogens (tertiary/aromatic N) is 1. The van der Waals surface area contributed by atoms with Gasteiger partial charge in [0.2, 0.25) is 0 Å². The standard InChI is InChI=1S/C17H25NO2/c1-4-20-15-11-9-14(10-12-15)17(19)18(3)16-8-6-5-7-13(16)2/h9-13,16H,4-8H2,1-3H3. The number of rotatable bonds is 4. The van der Waals surface area contributed by atoms with Crippen LogP contribution in [0, 0.1) is 5.92 Å². The van der Waals surface area contributed by atoms with Crippen molar-refractivity contribution in [3.63, 3.8) is 0 Å². The van der Waals surface area contributed by atoms with Crippen LogP contribution in [0.2, 0.25) is 0 Å². The van der Waals surface area contributed by atoms with Crippen LogP contribution in [-0.4, -0.2) is 30.5 Å². The number of hydrogen-bond donors (Lipinski definition) is 0. The summed E-state index contributed by atoms with van der Waals surface area (Å²) in [6.07, 6.45) is 4.88. The first-order chi connectivity index (χ1) is 9.63. The number of ether oxygens (including phenoxy) is 1. The molecule has 0 spiro atoms. The molecule has 2 atom stereocenters. The third-order valence-electron chi connectivity index (χ3n) is 4.30. The Kier molecular flexibility index (Phi) is 5.05. The Hall–Kier alpha value is -1.51. The molecule has 1 aromatic rings. The van der Waals surface area contributed by atoms with E-state index in [9.17, 15) is 4.79 Å². The second kappa shape index (κ2) is 6.78. The maximum Gasteiger partial charge on any atom is 0.253 e. The van der Waals surface area contributed by atoms with Gasteiger partial charge in [-0.25, -0.2) is 0 Å². The van der Waals surface area contributed by atoms with E-state index < -0.39 is 0 Å². The van der Waals surface area contributed by atoms with Crippen LogP contribution >= 0.6 is 0 Å². The highest BCUT2D eigenvalue weighted by Gasteiger charge is 2.28. The molecule has 20 heavy (non-hydrogen) atoms. The lowest BCUT2D eigenvalue weighted by Crippen LogP contribution is -2.42. The van der Waals surface area contributed by atoms with E-state index in [1.807, 2.05) is 43.1 Å². The van der Waals surface area contributed by atoms with Gasteiger partial charge in [0.1, 0.15) is 5.75 Å². The van der Waals surface area contributed by atoms with Gasteiger partial charge in [-0.15, -0.1) is 0 Å². The number of carbonyl (C=O) groups excluding carboxylic acids is 1. The van der Waals surface area contributed by atoms with Gasteiger partial charge in [0, 0.05) is 18.7 Å². The quantitative estimate of drug-likeness (QED) is 0.838. The molecule has 2 unspecified atom stereocenters. The van der Waals surface area contributed by atoms with Crippen molar-refractivity contribution in [2.24, 2.45) is 5.92 Å². The van der Waals surface area contributed by atoms with Crippen LogP contribution in [0.4, 0.5) is 0 Å². The van der Waals surface area contributed by atoms with Crippen LogP contribution in [-0.2, 0) is 0 Å². The monoisotopic (exact) mass is 275 g/mol. The molecular formula is C17H25NO2. The summed E-state index contributed by atoms with van der Waals surface area (Å²) in [6.45, 7) is 4.86. The van der Waals surface area contributed by atoms with Gasteiger partial charge >= 0.3 is 0 Å². The van der Waals surface area contributed by atoms with Gasteiger partial charge in [-0.2, -0.15) is 0 Å². The largest absolute Gasteiger partial charge is 0.494 e. The average Bonchev–Trinajstić information content (AvgIpc) is 2.47. The van der Waals surface area contributed by atoms with Gasteiger partial charge in [0.05, 0.1) is 6.61 Å². The molecule has 3 nitrogen and oxygen atoms in total. The van der Waals surface area contributed by atoms with E-state index in [1.54, 1.807) is 0 Å². The molecule has 3 heteroatoms. The fourth-order valence-electron chi connectivity index (χ4n) is 3.09. The summed E-state index contributed by atoms with van der Waals surface area (Å²) in [4.78, 5) is 14.5. The Morgan fingerprint density at radius 3 is 2.50 bits per heavy atom. The van der Waals surface area contributed by atoms with Crippen molar-refractivity contribution in [2.45, 2.75) is 45.6 Å². The molecule has 0 aliphatic heterocycles. The molecule has 1 amide bonds. The first-order valence-electron chi connectivity index (χ1n) is 7.63. The molecule has 110 valence electrons. The second-order valence-corrected chi connectivity index (χ2v) is 5.70. The van der Waals surface area contributed by atoms with Crippen LogP contribution in [0.5, 0.6) is 5.75 Å². The smallest absolute Gasteiger partial charge is 0.253 e. The first-order valence-corrected chi connectivity index (χ1v) is 7.63. The first kappa shape index (κ1) is 14.9. The van der Waals surface area contributed by atoms with Crippen LogP contribution in [0.25, 0.3) is 0 Å². The third-order valence-corrected chi connectivity index (χ3v) is 4.30. The van der Waals surface area contributed by atoms with Crippen LogP contribution < -0.4 is 4.74 Å². The molecule has 1 fully saturated rings. The molecule has 1 saturated carbocycles. The van der Waals surface area contributed by atoms with Crippen molar-refractivity contribution in [1.82, 2.24) is 4.90 Å². The zero-order chi connectivity index (χ0) is 14.5. The lowest BCUT2D eigenvalue weighted by atomic mass is 9.85. The molecule has 1 aromatic carbocycles. The van der Waals surface area contributed by atoms with Crippen molar-refractivity contribution in [1.29, 1.82) is 0 Å². The van der Waals surface area contributed by atoms with Gasteiger partial charge in [-0.05, 0) is 49.9 Å². The Morgan fingerprint density at radius 2 is 1.90 bits per heavy atom. The van der Waals surface area contributed by atoms with Crippen molar-refractivity contribution in [2.75, 3.05) is 13.7 Å². The molecule has 1 aliphatic carbocycles. The fraction of sp³-hybridized carbons (Fsp3) is 0.588. The summed E-state index contributed by atoms with van der Waals surface area (Å²) >= 11 is 0. The Labute approximate surface area is 121 Å². The predicted octanol–water partition coefficient (Wildman–Crippen LogP) is 3.74. The highest BCUT2D eigenvalue weighted by Crippen LogP contribution is 2.28. The Morgan fingerprint density at radius 1 is 1.25 bits per heavy atom. The van der Waals surface area contributed by atoms with Crippen molar-refractivity contribution in [3.05, 3.63) is 29.8 Å². The van der Waals surface area contributed by atoms with Gasteiger partial charge in [-0.1, -0.05) is 19.8 Å². The molecular weight excluding hydrogens is 250 g/mol. The SMILES string of the molecule is CCOc1ccc(C(=O)N(C)C2CCCCC2C)cc1. The Balaban J connectivity index is 2.05. The van der Waals surface area contributed by atoms with E-state index in [0.717, 1.165) is 17.7 Å². The molecule has 0 N–H and O–H groups in total. The minimum Gasteiger partial charge on any atom is -0.494 e. The fourth-order valence-corrected chi connectivity index (χ4v) is 3.09. The zero-order valence-corrected chi connectivity index (χ0v) is 12.8. The lowest BCUT2D eigenvalue weighted by molar-refractivity contribution is 0.0629. The summed E-state index contributed by atoms with van der Waals surface area (Å²) in [7, 11) is 1.94. The van der Waals surface area contributed by atoms with E-state index in [0.29, 0.717) is 18.6 Å². The highest BCUT2D eigenvalue weighted by molar-refractivity contribution is 5.94. The minimum atomic E-state index is 0.117. The van der Waals surface area contributed by atoms with Gasteiger partial charge in [0.25, 0.3) is 5.91 Å². The normalized spacial score (nSPS) is 22.4. The van der Waals surface area contributed by atoms with E-state index in [1.165, 1.54) is 19.3 Å². The maximum absolute atomic E-state index is 12.5. The van der Waals surface area contributed by atoms with Gasteiger partial charge in [-0.3, -0.25) is 4.79 Å². The molecule has 1 aliphatic rings. The predicted molar refractivity (Wildman–Crippen MR) is 81.1 cm³/mol. The van der Waals surface area contributed by atoms with Crippen LogP contribution in [0.1, 0.15) is 49.9 Å². The summed E-state index contributed by atoms with van der Waals surface area (Å²) in [6, 6.07) is 7.83. The van der Waals surface area contributed by atoms with Crippen molar-refractivity contribution < 1.29 is 9.53 Å². The Bertz CT molecular complexity index is 441. The summed E-state index contributed by atoms with van der Waals surface area (Å²) in [5.41, 5.74) is 0.744. The van der Waals surface area contributed by atoms with E-state index in [-0.39, 0.29) is 5.91 Å². The maximum atomic E-state index is 12.5. The van der Waals surface area contributed by atoms with E-state index >= 15 is 0 Å².